The molecule has 0 amide bonds. The normalized spacial score (nSPS) is 11.3. The van der Waals surface area contributed by atoms with E-state index >= 15 is 0 Å². The number of hydrogen-bond donors (Lipinski definition) is 0. The lowest BCUT2D eigenvalue weighted by Gasteiger charge is -2.08. The molecule has 0 aliphatic carbocycles. The average Bonchev–Trinajstić information content (AvgIpc) is 2.28. The van der Waals surface area contributed by atoms with Gasteiger partial charge in [0, 0.05) is 19.4 Å². The number of alkyl halides is 3. The van der Waals surface area contributed by atoms with E-state index in [0.29, 0.717) is 12.3 Å². The molecule has 0 saturated heterocycles. The maximum absolute atomic E-state index is 12.3. The van der Waals surface area contributed by atoms with E-state index in [1.54, 1.807) is 0 Å². The van der Waals surface area contributed by atoms with Gasteiger partial charge in [0.15, 0.2) is 0 Å². The summed E-state index contributed by atoms with van der Waals surface area (Å²) in [5.74, 6) is -0.468. The molecule has 6 nitrogen and oxygen atoms in total. The molecular formula is C9H9F3N2O4. The van der Waals surface area contributed by atoms with Crippen molar-refractivity contribution in [3.8, 4) is 5.88 Å². The molecule has 0 aromatic carbocycles. The molecule has 1 rings (SSSR count). The third-order valence-electron chi connectivity index (χ3n) is 1.88. The minimum Gasteiger partial charge on any atom is -0.470 e. The lowest BCUT2D eigenvalue weighted by molar-refractivity contribution is -0.386. The van der Waals surface area contributed by atoms with Crippen LogP contribution in [0.1, 0.15) is 5.56 Å². The molecule has 100 valence electrons. The van der Waals surface area contributed by atoms with E-state index in [2.05, 4.69) is 9.72 Å². The van der Waals surface area contributed by atoms with Crippen LogP contribution >= 0.6 is 0 Å². The van der Waals surface area contributed by atoms with Crippen molar-refractivity contribution < 1.29 is 27.6 Å². The number of aromatic nitrogens is 1. The zero-order valence-corrected chi connectivity index (χ0v) is 9.23. The average molecular weight is 266 g/mol. The highest BCUT2D eigenvalue weighted by Gasteiger charge is 2.34. The molecule has 0 radical (unpaired) electrons. The Bertz CT molecular complexity index is 436. The van der Waals surface area contributed by atoms with Gasteiger partial charge in [0.25, 0.3) is 5.88 Å². The van der Waals surface area contributed by atoms with Gasteiger partial charge >= 0.3 is 11.9 Å². The lowest BCUT2D eigenvalue weighted by Crippen LogP contribution is -2.10. The minimum atomic E-state index is -4.69. The molecule has 1 heterocycles. The van der Waals surface area contributed by atoms with Crippen molar-refractivity contribution in [2.75, 3.05) is 20.3 Å². The molecule has 0 unspecified atom stereocenters. The van der Waals surface area contributed by atoms with Crippen molar-refractivity contribution in [2.24, 2.45) is 0 Å². The van der Waals surface area contributed by atoms with Gasteiger partial charge in [0.05, 0.1) is 17.1 Å². The quantitative estimate of drug-likeness (QED) is 0.463. The van der Waals surface area contributed by atoms with Crippen LogP contribution in [0.15, 0.2) is 12.3 Å². The molecule has 9 heteroatoms. The molecule has 0 saturated carbocycles. The minimum absolute atomic E-state index is 0.0459. The summed E-state index contributed by atoms with van der Waals surface area (Å²) in [4.78, 5) is 12.9. The van der Waals surface area contributed by atoms with E-state index in [1.165, 1.54) is 7.11 Å². The molecular weight excluding hydrogens is 257 g/mol. The van der Waals surface area contributed by atoms with Gasteiger partial charge < -0.3 is 9.47 Å². The first-order valence-electron chi connectivity index (χ1n) is 4.69. The SMILES string of the molecule is COCCOc1ncc(C(F)(F)F)cc1[N+](=O)[O-]. The summed E-state index contributed by atoms with van der Waals surface area (Å²) in [6.07, 6.45) is -4.21. The summed E-state index contributed by atoms with van der Waals surface area (Å²) >= 11 is 0. The third kappa shape index (κ3) is 3.55. The topological polar surface area (TPSA) is 74.5 Å². The zero-order chi connectivity index (χ0) is 13.8. The van der Waals surface area contributed by atoms with Crippen LogP contribution in [0.5, 0.6) is 5.88 Å². The van der Waals surface area contributed by atoms with E-state index in [1.807, 2.05) is 0 Å². The molecule has 0 aliphatic rings. The van der Waals surface area contributed by atoms with Crippen molar-refractivity contribution in [1.29, 1.82) is 0 Å². The molecule has 1 aromatic rings. The highest BCUT2D eigenvalue weighted by Crippen LogP contribution is 2.34. The van der Waals surface area contributed by atoms with Crippen molar-refractivity contribution in [1.82, 2.24) is 4.98 Å². The lowest BCUT2D eigenvalue weighted by atomic mass is 10.2. The summed E-state index contributed by atoms with van der Waals surface area (Å²) in [5.41, 5.74) is -2.03. The first kappa shape index (κ1) is 14.2. The second kappa shape index (κ2) is 5.63. The van der Waals surface area contributed by atoms with Crippen molar-refractivity contribution in [3.05, 3.63) is 27.9 Å². The van der Waals surface area contributed by atoms with Crippen LogP contribution in [0, 0.1) is 10.1 Å². The second-order valence-electron chi connectivity index (χ2n) is 3.14. The van der Waals surface area contributed by atoms with Gasteiger partial charge in [-0.3, -0.25) is 10.1 Å². The highest BCUT2D eigenvalue weighted by molar-refractivity contribution is 5.43. The molecule has 0 fully saturated rings. The third-order valence-corrected chi connectivity index (χ3v) is 1.88. The van der Waals surface area contributed by atoms with Gasteiger partial charge in [-0.05, 0) is 0 Å². The zero-order valence-electron chi connectivity index (χ0n) is 9.23. The molecule has 1 aromatic heterocycles. The van der Waals surface area contributed by atoms with Gasteiger partial charge in [0.2, 0.25) is 0 Å². The fourth-order valence-electron chi connectivity index (χ4n) is 1.06. The number of ether oxygens (including phenoxy) is 2. The maximum atomic E-state index is 12.3. The van der Waals surface area contributed by atoms with E-state index in [9.17, 15) is 23.3 Å². The standard InChI is InChI=1S/C9H9F3N2O4/c1-17-2-3-18-8-7(14(15)16)4-6(5-13-8)9(10,11)12/h4-5H,2-3H2,1H3. The van der Waals surface area contributed by atoms with Gasteiger partial charge in [0.1, 0.15) is 6.61 Å². The van der Waals surface area contributed by atoms with Crippen LogP contribution in [-0.2, 0) is 10.9 Å². The first-order valence-corrected chi connectivity index (χ1v) is 4.69. The fourth-order valence-corrected chi connectivity index (χ4v) is 1.06. The molecule has 0 N–H and O–H groups in total. The number of nitro groups is 1. The Morgan fingerprint density at radius 1 is 1.44 bits per heavy atom. The summed E-state index contributed by atoms with van der Waals surface area (Å²) in [6.45, 7) is 0.0928. The van der Waals surface area contributed by atoms with Crippen molar-refractivity contribution in [3.63, 3.8) is 0 Å². The largest absolute Gasteiger partial charge is 0.470 e. The Hall–Kier alpha value is -1.90. The number of pyridine rings is 1. The number of methoxy groups -OCH3 is 1. The van der Waals surface area contributed by atoms with Crippen LogP contribution in [-0.4, -0.2) is 30.2 Å². The van der Waals surface area contributed by atoms with Crippen LogP contribution in [0.3, 0.4) is 0 Å². The van der Waals surface area contributed by atoms with E-state index in [4.69, 9.17) is 4.74 Å². The van der Waals surface area contributed by atoms with Crippen LogP contribution in [0.25, 0.3) is 0 Å². The molecule has 0 atom stereocenters. The molecule has 0 aliphatic heterocycles. The van der Waals surface area contributed by atoms with Gasteiger partial charge in [-0.2, -0.15) is 13.2 Å². The van der Waals surface area contributed by atoms with E-state index in [0.717, 1.165) is 0 Å². The van der Waals surface area contributed by atoms with Crippen LogP contribution in [0.4, 0.5) is 18.9 Å². The fraction of sp³-hybridized carbons (Fsp3) is 0.444. The van der Waals surface area contributed by atoms with Gasteiger partial charge in [-0.15, -0.1) is 0 Å². The maximum Gasteiger partial charge on any atom is 0.418 e. The Morgan fingerprint density at radius 2 is 2.11 bits per heavy atom. The monoisotopic (exact) mass is 266 g/mol. The van der Waals surface area contributed by atoms with Gasteiger partial charge in [-0.25, -0.2) is 4.98 Å². The summed E-state index contributed by atoms with van der Waals surface area (Å²) in [6, 6.07) is 0.384. The van der Waals surface area contributed by atoms with Crippen LogP contribution < -0.4 is 4.74 Å². The number of nitrogens with zero attached hydrogens (tertiary/aromatic N) is 2. The molecule has 0 bridgehead atoms. The Balaban J connectivity index is 3.01. The van der Waals surface area contributed by atoms with Crippen molar-refractivity contribution in [2.45, 2.75) is 6.18 Å². The Morgan fingerprint density at radius 3 is 2.61 bits per heavy atom. The number of rotatable bonds is 5. The molecule has 0 spiro atoms. The second-order valence-corrected chi connectivity index (χ2v) is 3.14. The summed E-state index contributed by atoms with van der Waals surface area (Å²) in [5, 5.41) is 10.6. The smallest absolute Gasteiger partial charge is 0.418 e. The Labute approximate surface area is 99.5 Å². The first-order chi connectivity index (χ1) is 8.36. The number of halogens is 3. The summed E-state index contributed by atoms with van der Waals surface area (Å²) < 4.78 is 46.5. The van der Waals surface area contributed by atoms with E-state index in [-0.39, 0.29) is 13.2 Å². The molecule has 18 heavy (non-hydrogen) atoms. The van der Waals surface area contributed by atoms with Crippen molar-refractivity contribution >= 4 is 5.69 Å². The summed E-state index contributed by atoms with van der Waals surface area (Å²) in [7, 11) is 1.39. The predicted octanol–water partition coefficient (Wildman–Crippen LogP) is 2.03. The predicted molar refractivity (Wildman–Crippen MR) is 53.3 cm³/mol. The van der Waals surface area contributed by atoms with E-state index < -0.39 is 28.2 Å². The van der Waals surface area contributed by atoms with Crippen LogP contribution in [0.2, 0.25) is 0 Å². The number of hydrogen-bond acceptors (Lipinski definition) is 5. The highest BCUT2D eigenvalue weighted by atomic mass is 19.4. The van der Waals surface area contributed by atoms with Gasteiger partial charge in [-0.1, -0.05) is 0 Å². The Kier molecular flexibility index (Phi) is 4.43.